The van der Waals surface area contributed by atoms with E-state index in [9.17, 15) is 5.02 Å². The molecular formula is C13H14BNO4. The minimum absolute atomic E-state index is 0.416. The zero-order valence-electron chi connectivity index (χ0n) is 10.8. The molecule has 0 atom stereocenters. The van der Waals surface area contributed by atoms with Crippen LogP contribution in [0.4, 0.5) is 0 Å². The quantitative estimate of drug-likeness (QED) is 0.836. The summed E-state index contributed by atoms with van der Waals surface area (Å²) in [6.45, 7) is 4.59. The summed E-state index contributed by atoms with van der Waals surface area (Å²) in [6, 6.07) is 5.55. The molecule has 0 unspecified atom stereocenters. The lowest BCUT2D eigenvalue weighted by atomic mass is 9.80. The maximum Gasteiger partial charge on any atom is 0.491 e. The van der Waals surface area contributed by atoms with E-state index >= 15 is 0 Å². The van der Waals surface area contributed by atoms with Gasteiger partial charge in [-0.3, -0.25) is 0 Å². The maximum atomic E-state index is 9.54. The van der Waals surface area contributed by atoms with Gasteiger partial charge in [0.1, 0.15) is 18.1 Å². The Labute approximate surface area is 111 Å². The number of aryl methyl sites for hydroxylation is 2. The third-order valence-electron chi connectivity index (χ3n) is 3.34. The van der Waals surface area contributed by atoms with Crippen LogP contribution in [0.5, 0.6) is 5.75 Å². The molecule has 6 heteroatoms. The van der Waals surface area contributed by atoms with Crippen molar-refractivity contribution in [2.24, 2.45) is 0 Å². The highest BCUT2D eigenvalue weighted by Crippen LogP contribution is 2.20. The Kier molecular flexibility index (Phi) is 3.04. The average Bonchev–Trinajstić information content (AvgIpc) is 2.92. The fourth-order valence-corrected chi connectivity index (χ4v) is 2.16. The van der Waals surface area contributed by atoms with E-state index in [1.165, 1.54) is 0 Å². The number of benzene rings is 1. The van der Waals surface area contributed by atoms with Gasteiger partial charge in [-0.05, 0) is 37.0 Å². The van der Waals surface area contributed by atoms with Crippen molar-refractivity contribution in [1.29, 1.82) is 0 Å². The lowest BCUT2D eigenvalue weighted by molar-refractivity contribution is 0.274. The normalized spacial score (nSPS) is 13.7. The van der Waals surface area contributed by atoms with Gasteiger partial charge in [0.25, 0.3) is 0 Å². The molecule has 0 aliphatic carbocycles. The highest BCUT2D eigenvalue weighted by atomic mass is 16.5. The molecule has 19 heavy (non-hydrogen) atoms. The second-order valence-electron chi connectivity index (χ2n) is 4.62. The molecule has 2 heterocycles. The summed E-state index contributed by atoms with van der Waals surface area (Å²) < 4.78 is 16.0. The van der Waals surface area contributed by atoms with Gasteiger partial charge < -0.3 is 18.9 Å². The first-order valence-electron chi connectivity index (χ1n) is 6.12. The molecule has 0 fully saturated rings. The Balaban J connectivity index is 1.75. The summed E-state index contributed by atoms with van der Waals surface area (Å²) in [5.41, 5.74) is 3.59. The van der Waals surface area contributed by atoms with Gasteiger partial charge in [-0.25, -0.2) is 0 Å². The van der Waals surface area contributed by atoms with Crippen molar-refractivity contribution in [2.75, 3.05) is 0 Å². The van der Waals surface area contributed by atoms with Crippen LogP contribution in [0.25, 0.3) is 0 Å². The lowest BCUT2D eigenvalue weighted by Crippen LogP contribution is -2.27. The number of ether oxygens (including phenoxy) is 1. The Morgan fingerprint density at radius 1 is 1.42 bits per heavy atom. The molecule has 3 rings (SSSR count). The molecule has 1 N–H and O–H groups in total. The molecular weight excluding hydrogens is 245 g/mol. The molecule has 2 aromatic rings. The number of fused-ring (bicyclic) bond motifs is 1. The molecule has 0 spiro atoms. The average molecular weight is 259 g/mol. The number of aromatic nitrogens is 1. The molecule has 0 bridgehead atoms. The van der Waals surface area contributed by atoms with Crippen LogP contribution in [0.3, 0.4) is 0 Å². The zero-order valence-corrected chi connectivity index (χ0v) is 10.8. The molecule has 1 aliphatic rings. The van der Waals surface area contributed by atoms with Crippen LogP contribution in [-0.4, -0.2) is 17.3 Å². The van der Waals surface area contributed by atoms with Gasteiger partial charge in [-0.1, -0.05) is 11.2 Å². The van der Waals surface area contributed by atoms with Crippen LogP contribution in [0, 0.1) is 13.8 Å². The first-order valence-corrected chi connectivity index (χ1v) is 6.12. The summed E-state index contributed by atoms with van der Waals surface area (Å²) in [6.07, 6.45) is 0. The monoisotopic (exact) mass is 259 g/mol. The van der Waals surface area contributed by atoms with Crippen LogP contribution < -0.4 is 10.2 Å². The molecule has 0 radical (unpaired) electrons. The fourth-order valence-electron chi connectivity index (χ4n) is 2.16. The highest BCUT2D eigenvalue weighted by Gasteiger charge is 2.27. The second kappa shape index (κ2) is 4.72. The van der Waals surface area contributed by atoms with Crippen LogP contribution in [-0.2, 0) is 17.9 Å². The molecule has 0 saturated heterocycles. The SMILES string of the molecule is Cc1noc(C)c1COc1ccc2c(c1)COB2O. The zero-order chi connectivity index (χ0) is 13.4. The van der Waals surface area contributed by atoms with E-state index < -0.39 is 7.12 Å². The van der Waals surface area contributed by atoms with Crippen molar-refractivity contribution in [3.8, 4) is 5.75 Å². The fraction of sp³-hybridized carbons (Fsp3) is 0.308. The van der Waals surface area contributed by atoms with Crippen molar-refractivity contribution in [1.82, 2.24) is 5.16 Å². The van der Waals surface area contributed by atoms with Crippen LogP contribution in [0.2, 0.25) is 0 Å². The molecule has 1 aliphatic heterocycles. The van der Waals surface area contributed by atoms with Crippen LogP contribution >= 0.6 is 0 Å². The number of hydrogen-bond acceptors (Lipinski definition) is 5. The second-order valence-corrected chi connectivity index (χ2v) is 4.62. The molecule has 98 valence electrons. The predicted molar refractivity (Wildman–Crippen MR) is 69.1 cm³/mol. The van der Waals surface area contributed by atoms with E-state index in [0.717, 1.165) is 33.8 Å². The predicted octanol–water partition coefficient (Wildman–Crippen LogP) is 1.09. The topological polar surface area (TPSA) is 64.7 Å². The third-order valence-corrected chi connectivity index (χ3v) is 3.34. The number of rotatable bonds is 3. The largest absolute Gasteiger partial charge is 0.491 e. The Bertz CT molecular complexity index is 591. The van der Waals surface area contributed by atoms with E-state index in [4.69, 9.17) is 13.9 Å². The lowest BCUT2D eigenvalue weighted by Gasteiger charge is -2.07. The Morgan fingerprint density at radius 2 is 2.26 bits per heavy atom. The van der Waals surface area contributed by atoms with Crippen molar-refractivity contribution in [3.63, 3.8) is 0 Å². The minimum atomic E-state index is -0.813. The van der Waals surface area contributed by atoms with Crippen molar-refractivity contribution < 1.29 is 18.9 Å². The smallest absolute Gasteiger partial charge is 0.489 e. The number of hydrogen-bond donors (Lipinski definition) is 1. The summed E-state index contributed by atoms with van der Waals surface area (Å²) >= 11 is 0. The standard InChI is InChI=1S/C13H14BNO4/c1-8-12(9(2)19-15-8)7-17-11-3-4-13-10(5-11)6-18-14(13)16/h3-5,16H,6-7H2,1-2H3. The van der Waals surface area contributed by atoms with Gasteiger partial charge in [0, 0.05) is 0 Å². The van der Waals surface area contributed by atoms with E-state index in [0.29, 0.717) is 13.2 Å². The van der Waals surface area contributed by atoms with E-state index in [1.54, 1.807) is 0 Å². The van der Waals surface area contributed by atoms with Crippen molar-refractivity contribution in [3.05, 3.63) is 40.8 Å². The van der Waals surface area contributed by atoms with Gasteiger partial charge >= 0.3 is 7.12 Å². The minimum Gasteiger partial charge on any atom is -0.489 e. The van der Waals surface area contributed by atoms with E-state index in [1.807, 2.05) is 32.0 Å². The van der Waals surface area contributed by atoms with E-state index in [-0.39, 0.29) is 0 Å². The van der Waals surface area contributed by atoms with Crippen molar-refractivity contribution in [2.45, 2.75) is 27.1 Å². The molecule has 0 saturated carbocycles. The molecule has 5 nitrogen and oxygen atoms in total. The van der Waals surface area contributed by atoms with Crippen LogP contribution in [0.1, 0.15) is 22.6 Å². The third kappa shape index (κ3) is 2.24. The van der Waals surface area contributed by atoms with Gasteiger partial charge in [0.05, 0.1) is 17.9 Å². The first-order chi connectivity index (χ1) is 9.15. The number of nitrogens with zero attached hydrogens (tertiary/aromatic N) is 1. The molecule has 1 aromatic carbocycles. The summed E-state index contributed by atoms with van der Waals surface area (Å²) in [4.78, 5) is 0. The van der Waals surface area contributed by atoms with Gasteiger partial charge in [0.2, 0.25) is 0 Å². The van der Waals surface area contributed by atoms with Gasteiger partial charge in [-0.2, -0.15) is 0 Å². The van der Waals surface area contributed by atoms with Crippen molar-refractivity contribution >= 4 is 12.6 Å². The first kappa shape index (κ1) is 12.3. The van der Waals surface area contributed by atoms with Crippen LogP contribution in [0.15, 0.2) is 22.7 Å². The summed E-state index contributed by atoms with van der Waals surface area (Å²) in [5.74, 6) is 1.52. The van der Waals surface area contributed by atoms with Gasteiger partial charge in [0.15, 0.2) is 0 Å². The maximum absolute atomic E-state index is 9.54. The van der Waals surface area contributed by atoms with E-state index in [2.05, 4.69) is 5.16 Å². The summed E-state index contributed by atoms with van der Waals surface area (Å²) in [5, 5.41) is 13.4. The highest BCUT2D eigenvalue weighted by molar-refractivity contribution is 6.61. The van der Waals surface area contributed by atoms with Gasteiger partial charge in [-0.15, -0.1) is 0 Å². The molecule has 0 amide bonds. The molecule has 1 aromatic heterocycles. The Hall–Kier alpha value is -1.79. The summed E-state index contributed by atoms with van der Waals surface area (Å²) in [7, 11) is -0.813. The Morgan fingerprint density at radius 3 is 3.00 bits per heavy atom.